The molecule has 4 aromatic rings. The average molecular weight is 494 g/mol. The van der Waals surface area contributed by atoms with Crippen LogP contribution in [0.25, 0.3) is 11.0 Å². The number of nitrogens with zero attached hydrogens (tertiary/aromatic N) is 3. The smallest absolute Gasteiger partial charge is 0.321 e. The Balaban J connectivity index is 1.76. The number of imidazole rings is 1. The van der Waals surface area contributed by atoms with E-state index in [2.05, 4.69) is 0 Å². The third kappa shape index (κ3) is 3.83. The number of anilines is 1. The Morgan fingerprint density at radius 2 is 1.74 bits per heavy atom. The Kier molecular flexibility index (Phi) is 6.02. The first kappa shape index (κ1) is 22.4. The summed E-state index contributed by atoms with van der Waals surface area (Å²) in [5.74, 6) is -1.62. The minimum atomic E-state index is -1.12. The summed E-state index contributed by atoms with van der Waals surface area (Å²) >= 11 is 12.5. The van der Waals surface area contributed by atoms with E-state index in [0.29, 0.717) is 21.6 Å². The van der Waals surface area contributed by atoms with Crippen molar-refractivity contribution in [2.45, 2.75) is 19.5 Å². The SMILES string of the molecule is CCOC(=O)[C@H]1C(=O)N(Cc2ccccc2)c2nc3ccccc3n2[C@H]1c1ccc(Cl)c(Cl)c1. The van der Waals surface area contributed by atoms with E-state index in [4.69, 9.17) is 32.9 Å². The molecule has 0 saturated heterocycles. The first-order valence-corrected chi connectivity index (χ1v) is 11.7. The minimum Gasteiger partial charge on any atom is -0.465 e. The fourth-order valence-electron chi connectivity index (χ4n) is 4.46. The zero-order chi connectivity index (χ0) is 23.8. The molecule has 1 aromatic heterocycles. The van der Waals surface area contributed by atoms with Gasteiger partial charge in [0.25, 0.3) is 0 Å². The van der Waals surface area contributed by atoms with Crippen LogP contribution >= 0.6 is 23.2 Å². The summed E-state index contributed by atoms with van der Waals surface area (Å²) in [4.78, 5) is 33.5. The van der Waals surface area contributed by atoms with Crippen LogP contribution < -0.4 is 4.90 Å². The van der Waals surface area contributed by atoms with Crippen molar-refractivity contribution >= 4 is 52.1 Å². The van der Waals surface area contributed by atoms with Gasteiger partial charge in [-0.3, -0.25) is 14.5 Å². The van der Waals surface area contributed by atoms with Gasteiger partial charge in [0, 0.05) is 0 Å². The predicted octanol–water partition coefficient (Wildman–Crippen LogP) is 5.66. The van der Waals surface area contributed by atoms with Crippen LogP contribution in [0.3, 0.4) is 0 Å². The quantitative estimate of drug-likeness (QED) is 0.265. The van der Waals surface area contributed by atoms with Gasteiger partial charge >= 0.3 is 5.97 Å². The van der Waals surface area contributed by atoms with E-state index < -0.39 is 17.9 Å². The van der Waals surface area contributed by atoms with Crippen LogP contribution in [0.5, 0.6) is 0 Å². The third-order valence-corrected chi connectivity index (χ3v) is 6.69. The van der Waals surface area contributed by atoms with Crippen molar-refractivity contribution < 1.29 is 14.3 Å². The molecule has 1 amide bonds. The van der Waals surface area contributed by atoms with Gasteiger partial charge in [0.2, 0.25) is 11.9 Å². The Bertz CT molecular complexity index is 1390. The molecule has 1 aliphatic rings. The molecule has 0 bridgehead atoms. The zero-order valence-corrected chi connectivity index (χ0v) is 19.8. The molecule has 8 heteroatoms. The van der Waals surface area contributed by atoms with Crippen molar-refractivity contribution in [1.82, 2.24) is 9.55 Å². The molecule has 0 unspecified atom stereocenters. The van der Waals surface area contributed by atoms with Crippen molar-refractivity contribution in [3.63, 3.8) is 0 Å². The lowest BCUT2D eigenvalue weighted by atomic mass is 9.89. The van der Waals surface area contributed by atoms with Gasteiger partial charge in [-0.05, 0) is 42.3 Å². The maximum Gasteiger partial charge on any atom is 0.321 e. The van der Waals surface area contributed by atoms with Gasteiger partial charge in [0.05, 0.1) is 40.3 Å². The van der Waals surface area contributed by atoms with Crippen molar-refractivity contribution in [2.24, 2.45) is 5.92 Å². The molecule has 2 heterocycles. The number of ether oxygens (including phenoxy) is 1. The number of fused-ring (bicyclic) bond motifs is 3. The highest BCUT2D eigenvalue weighted by Gasteiger charge is 2.48. The lowest BCUT2D eigenvalue weighted by molar-refractivity contribution is -0.153. The number of para-hydroxylation sites is 2. The Morgan fingerprint density at radius 1 is 1.00 bits per heavy atom. The number of halogens is 2. The summed E-state index contributed by atoms with van der Waals surface area (Å²) in [6.07, 6.45) is 0. The second-order valence-corrected chi connectivity index (χ2v) is 8.84. The first-order valence-electron chi connectivity index (χ1n) is 10.9. The van der Waals surface area contributed by atoms with Gasteiger partial charge in [-0.1, -0.05) is 71.7 Å². The zero-order valence-electron chi connectivity index (χ0n) is 18.3. The van der Waals surface area contributed by atoms with Gasteiger partial charge in [-0.15, -0.1) is 0 Å². The fraction of sp³-hybridized carbons (Fsp3) is 0.192. The van der Waals surface area contributed by atoms with Crippen molar-refractivity contribution in [1.29, 1.82) is 0 Å². The summed E-state index contributed by atoms with van der Waals surface area (Å²) in [5.41, 5.74) is 3.11. The van der Waals surface area contributed by atoms with Gasteiger partial charge in [-0.25, -0.2) is 4.98 Å². The lowest BCUT2D eigenvalue weighted by Gasteiger charge is -2.38. The Morgan fingerprint density at radius 3 is 2.47 bits per heavy atom. The lowest BCUT2D eigenvalue weighted by Crippen LogP contribution is -2.49. The van der Waals surface area contributed by atoms with Gasteiger partial charge in [0.15, 0.2) is 5.92 Å². The van der Waals surface area contributed by atoms with Crippen molar-refractivity contribution in [3.05, 3.63) is 94.0 Å². The van der Waals surface area contributed by atoms with Crippen molar-refractivity contribution in [3.8, 4) is 0 Å². The molecule has 1 aliphatic heterocycles. The van der Waals surface area contributed by atoms with Gasteiger partial charge < -0.3 is 9.30 Å². The van der Waals surface area contributed by atoms with E-state index in [1.807, 2.05) is 59.2 Å². The number of carbonyl (C=O) groups is 2. The molecule has 3 aromatic carbocycles. The van der Waals surface area contributed by atoms with Crippen molar-refractivity contribution in [2.75, 3.05) is 11.5 Å². The molecule has 0 radical (unpaired) electrons. The van der Waals surface area contributed by atoms with Crippen LogP contribution in [0, 0.1) is 5.92 Å². The molecule has 0 spiro atoms. The van der Waals surface area contributed by atoms with Crippen LogP contribution in [0.1, 0.15) is 24.1 Å². The Labute approximate surface area is 206 Å². The molecule has 0 aliphatic carbocycles. The van der Waals surface area contributed by atoms with Crippen LogP contribution in [0.15, 0.2) is 72.8 Å². The van der Waals surface area contributed by atoms with Gasteiger partial charge in [0.1, 0.15) is 0 Å². The number of hydrogen-bond acceptors (Lipinski definition) is 4. The highest BCUT2D eigenvalue weighted by Crippen LogP contribution is 2.42. The molecular formula is C26H21Cl2N3O3. The second-order valence-electron chi connectivity index (χ2n) is 8.03. The summed E-state index contributed by atoms with van der Waals surface area (Å²) in [6.45, 7) is 2.15. The summed E-state index contributed by atoms with van der Waals surface area (Å²) in [5, 5.41) is 0.730. The standard InChI is InChI=1S/C26H21Cl2N3O3/c1-2-34-25(33)22-23(17-12-13-18(27)19(28)14-17)31-21-11-7-6-10-20(21)29-26(31)30(24(22)32)15-16-8-4-3-5-9-16/h3-14,22-23H,2,15H2,1H3/t22-,23+/m1/s1. The molecule has 0 fully saturated rings. The van der Waals surface area contributed by atoms with Crippen LogP contribution in [0.2, 0.25) is 10.0 Å². The van der Waals surface area contributed by atoms with Crippen LogP contribution in [-0.2, 0) is 20.9 Å². The number of benzene rings is 3. The monoisotopic (exact) mass is 493 g/mol. The predicted molar refractivity (Wildman–Crippen MR) is 132 cm³/mol. The summed E-state index contributed by atoms with van der Waals surface area (Å²) in [7, 11) is 0. The maximum absolute atomic E-state index is 13.9. The molecule has 34 heavy (non-hydrogen) atoms. The topological polar surface area (TPSA) is 64.4 Å². The average Bonchev–Trinajstić information content (AvgIpc) is 3.22. The molecule has 0 saturated carbocycles. The van der Waals surface area contributed by atoms with E-state index in [9.17, 15) is 9.59 Å². The van der Waals surface area contributed by atoms with Crippen LogP contribution in [-0.4, -0.2) is 28.0 Å². The number of carbonyl (C=O) groups excluding carboxylic acids is 2. The number of rotatable bonds is 5. The first-order chi connectivity index (χ1) is 16.5. The number of hydrogen-bond donors (Lipinski definition) is 0. The Hall–Kier alpha value is -3.35. The van der Waals surface area contributed by atoms with E-state index in [0.717, 1.165) is 16.6 Å². The van der Waals surface area contributed by atoms with Gasteiger partial charge in [-0.2, -0.15) is 0 Å². The molecular weight excluding hydrogens is 473 g/mol. The highest BCUT2D eigenvalue weighted by molar-refractivity contribution is 6.42. The normalized spacial score (nSPS) is 17.6. The number of aromatic nitrogens is 2. The molecule has 6 nitrogen and oxygen atoms in total. The molecule has 172 valence electrons. The third-order valence-electron chi connectivity index (χ3n) is 5.95. The highest BCUT2D eigenvalue weighted by atomic mass is 35.5. The largest absolute Gasteiger partial charge is 0.465 e. The maximum atomic E-state index is 13.9. The number of amides is 1. The van der Waals surface area contributed by atoms with Crippen LogP contribution in [0.4, 0.5) is 5.95 Å². The van der Waals surface area contributed by atoms with E-state index in [1.165, 1.54) is 0 Å². The fourth-order valence-corrected chi connectivity index (χ4v) is 4.77. The second kappa shape index (κ2) is 9.12. The van der Waals surface area contributed by atoms with E-state index in [-0.39, 0.29) is 19.1 Å². The molecule has 5 rings (SSSR count). The summed E-state index contributed by atoms with van der Waals surface area (Å²) in [6, 6.07) is 21.7. The van der Waals surface area contributed by atoms with E-state index >= 15 is 0 Å². The minimum absolute atomic E-state index is 0.160. The molecule has 0 N–H and O–H groups in total. The molecule has 2 atom stereocenters. The van der Waals surface area contributed by atoms with E-state index in [1.54, 1.807) is 30.0 Å². The summed E-state index contributed by atoms with van der Waals surface area (Å²) < 4.78 is 7.31. The number of esters is 1.